The molecular weight excluding hydrogens is 476 g/mol. The molecule has 190 valence electrons. The van der Waals surface area contributed by atoms with Crippen LogP contribution in [0.3, 0.4) is 0 Å². The number of hydrogen-bond acceptors (Lipinski definition) is 8. The Morgan fingerprint density at radius 3 is 2.46 bits per heavy atom. The minimum atomic E-state index is -1.19. The standard InChI is InChI=1S/C23H30N4O7S/c1-23(2,3)34-22(32)24-10-12-26(14-20(30)31)19(29)13-27-11-9-18(28)25-21(27)35-15-16-5-7-17(33-4)8-6-16/h5-9,11H,10,12-15H2,1-4H3,(H,24,32)(H,30,31). The number of rotatable bonds is 11. The van der Waals surface area contributed by atoms with Crippen molar-refractivity contribution in [2.24, 2.45) is 0 Å². The van der Waals surface area contributed by atoms with Crippen molar-refractivity contribution in [2.45, 2.75) is 43.8 Å². The summed E-state index contributed by atoms with van der Waals surface area (Å²) in [6.07, 6.45) is 0.781. The summed E-state index contributed by atoms with van der Waals surface area (Å²) in [6, 6.07) is 8.64. The fraction of sp³-hybridized carbons (Fsp3) is 0.435. The van der Waals surface area contributed by atoms with E-state index in [0.717, 1.165) is 16.2 Å². The highest BCUT2D eigenvalue weighted by Gasteiger charge is 2.20. The molecule has 2 amide bonds. The Balaban J connectivity index is 2.05. The number of hydrogen-bond donors (Lipinski definition) is 2. The van der Waals surface area contributed by atoms with Gasteiger partial charge in [-0.05, 0) is 38.5 Å². The van der Waals surface area contributed by atoms with Gasteiger partial charge in [-0.25, -0.2) is 4.79 Å². The number of thioether (sulfide) groups is 1. The van der Waals surface area contributed by atoms with Crippen LogP contribution in [0.2, 0.25) is 0 Å². The lowest BCUT2D eigenvalue weighted by atomic mass is 10.2. The van der Waals surface area contributed by atoms with Crippen LogP contribution in [0.1, 0.15) is 26.3 Å². The van der Waals surface area contributed by atoms with E-state index in [1.54, 1.807) is 27.9 Å². The minimum absolute atomic E-state index is 0.00935. The van der Waals surface area contributed by atoms with Gasteiger partial charge in [0.05, 0.1) is 7.11 Å². The molecule has 0 aliphatic rings. The third kappa shape index (κ3) is 10.1. The van der Waals surface area contributed by atoms with Crippen molar-refractivity contribution in [2.75, 3.05) is 26.7 Å². The van der Waals surface area contributed by atoms with Gasteiger partial charge < -0.3 is 29.4 Å². The summed E-state index contributed by atoms with van der Waals surface area (Å²) in [7, 11) is 1.58. The highest BCUT2D eigenvalue weighted by molar-refractivity contribution is 7.98. The zero-order valence-corrected chi connectivity index (χ0v) is 21.0. The van der Waals surface area contributed by atoms with E-state index >= 15 is 0 Å². The molecule has 0 fully saturated rings. The lowest BCUT2D eigenvalue weighted by Crippen LogP contribution is -2.43. The molecule has 2 N–H and O–H groups in total. The summed E-state index contributed by atoms with van der Waals surface area (Å²) in [6.45, 7) is 4.36. The maximum absolute atomic E-state index is 12.9. The SMILES string of the molecule is COc1ccc(CSc2nc(=O)ccn2CC(=O)N(CCNC(=O)OC(C)(C)C)CC(=O)O)cc1. The van der Waals surface area contributed by atoms with Crippen molar-refractivity contribution in [1.29, 1.82) is 0 Å². The highest BCUT2D eigenvalue weighted by Crippen LogP contribution is 2.22. The van der Waals surface area contributed by atoms with Crippen molar-refractivity contribution < 1.29 is 29.0 Å². The van der Waals surface area contributed by atoms with Crippen LogP contribution in [0.15, 0.2) is 46.5 Å². The second-order valence-corrected chi connectivity index (χ2v) is 9.39. The molecule has 12 heteroatoms. The monoisotopic (exact) mass is 506 g/mol. The molecule has 11 nitrogen and oxygen atoms in total. The van der Waals surface area contributed by atoms with Gasteiger partial charge in [0.25, 0.3) is 5.56 Å². The fourth-order valence-corrected chi connectivity index (χ4v) is 3.76. The van der Waals surface area contributed by atoms with Crippen LogP contribution in [0.4, 0.5) is 4.79 Å². The molecule has 2 aromatic rings. The fourth-order valence-electron chi connectivity index (χ4n) is 2.83. The number of nitrogens with zero attached hydrogens (tertiary/aromatic N) is 3. The summed E-state index contributed by atoms with van der Waals surface area (Å²) in [4.78, 5) is 52.9. The van der Waals surface area contributed by atoms with Gasteiger partial charge >= 0.3 is 12.1 Å². The molecule has 1 heterocycles. The lowest BCUT2D eigenvalue weighted by Gasteiger charge is -2.23. The Labute approximate surface area is 207 Å². The number of carboxylic acid groups (broad SMARTS) is 1. The molecule has 0 aliphatic carbocycles. The largest absolute Gasteiger partial charge is 0.497 e. The molecule has 0 saturated heterocycles. The smallest absolute Gasteiger partial charge is 0.407 e. The van der Waals surface area contributed by atoms with E-state index < -0.39 is 35.7 Å². The summed E-state index contributed by atoms with van der Waals surface area (Å²) in [5, 5.41) is 12.0. The van der Waals surface area contributed by atoms with Crippen LogP contribution in [0, 0.1) is 0 Å². The van der Waals surface area contributed by atoms with Gasteiger partial charge in [-0.1, -0.05) is 23.9 Å². The Bertz CT molecular complexity index is 1080. The molecule has 0 radical (unpaired) electrons. The van der Waals surface area contributed by atoms with Crippen LogP contribution in [0.5, 0.6) is 5.75 Å². The summed E-state index contributed by atoms with van der Waals surface area (Å²) in [5.41, 5.74) is -0.167. The second kappa shape index (κ2) is 12.8. The molecule has 0 bridgehead atoms. The van der Waals surface area contributed by atoms with Crippen molar-refractivity contribution in [1.82, 2.24) is 19.8 Å². The molecular formula is C23H30N4O7S. The normalized spacial score (nSPS) is 11.0. The molecule has 1 aromatic heterocycles. The number of benzene rings is 1. The van der Waals surface area contributed by atoms with Gasteiger partial charge in [-0.3, -0.25) is 14.4 Å². The first-order valence-corrected chi connectivity index (χ1v) is 11.7. The van der Waals surface area contributed by atoms with E-state index in [1.165, 1.54) is 28.6 Å². The average molecular weight is 507 g/mol. The third-order valence-corrected chi connectivity index (χ3v) is 5.47. The average Bonchev–Trinajstić information content (AvgIpc) is 2.77. The van der Waals surface area contributed by atoms with Gasteiger partial charge in [-0.15, -0.1) is 0 Å². The molecule has 0 spiro atoms. The molecule has 0 aliphatic heterocycles. The van der Waals surface area contributed by atoms with Gasteiger partial charge in [0.15, 0.2) is 5.16 Å². The molecule has 35 heavy (non-hydrogen) atoms. The maximum Gasteiger partial charge on any atom is 0.407 e. The van der Waals surface area contributed by atoms with Crippen molar-refractivity contribution in [3.8, 4) is 5.75 Å². The number of methoxy groups -OCH3 is 1. The van der Waals surface area contributed by atoms with Crippen LogP contribution in [-0.2, 0) is 26.6 Å². The Kier molecular flexibility index (Phi) is 10.1. The highest BCUT2D eigenvalue weighted by atomic mass is 32.2. The molecule has 0 atom stereocenters. The summed E-state index contributed by atoms with van der Waals surface area (Å²) < 4.78 is 11.8. The first kappa shape index (κ1) is 27.7. The quantitative estimate of drug-likeness (QED) is 0.346. The molecule has 2 rings (SSSR count). The number of nitrogens with one attached hydrogen (secondary N) is 1. The number of ether oxygens (including phenoxy) is 2. The lowest BCUT2D eigenvalue weighted by molar-refractivity contribution is -0.144. The molecule has 0 saturated carbocycles. The van der Waals surface area contributed by atoms with Crippen LogP contribution < -0.4 is 15.6 Å². The van der Waals surface area contributed by atoms with Gasteiger partial charge in [-0.2, -0.15) is 4.98 Å². The minimum Gasteiger partial charge on any atom is -0.497 e. The van der Waals surface area contributed by atoms with E-state index in [1.807, 2.05) is 24.3 Å². The number of aromatic nitrogens is 2. The van der Waals surface area contributed by atoms with E-state index in [-0.39, 0.29) is 19.6 Å². The Morgan fingerprint density at radius 2 is 1.86 bits per heavy atom. The van der Waals surface area contributed by atoms with E-state index in [0.29, 0.717) is 10.9 Å². The summed E-state index contributed by atoms with van der Waals surface area (Å²) >= 11 is 1.27. The summed E-state index contributed by atoms with van der Waals surface area (Å²) in [5.74, 6) is -0.482. The van der Waals surface area contributed by atoms with Crippen molar-refractivity contribution in [3.63, 3.8) is 0 Å². The van der Waals surface area contributed by atoms with Crippen molar-refractivity contribution in [3.05, 3.63) is 52.4 Å². The predicted octanol–water partition coefficient (Wildman–Crippen LogP) is 1.98. The van der Waals surface area contributed by atoms with Crippen LogP contribution in [-0.4, -0.2) is 69.9 Å². The van der Waals surface area contributed by atoms with Crippen LogP contribution >= 0.6 is 11.8 Å². The number of aliphatic carboxylic acids is 1. The third-order valence-electron chi connectivity index (χ3n) is 4.41. The van der Waals surface area contributed by atoms with Crippen LogP contribution in [0.25, 0.3) is 0 Å². The van der Waals surface area contributed by atoms with E-state index in [2.05, 4.69) is 10.3 Å². The zero-order valence-electron chi connectivity index (χ0n) is 20.1. The van der Waals surface area contributed by atoms with Crippen molar-refractivity contribution >= 4 is 29.7 Å². The number of carbonyl (C=O) groups is 3. The van der Waals surface area contributed by atoms with Gasteiger partial charge in [0, 0.05) is 31.1 Å². The molecule has 0 unspecified atom stereocenters. The van der Waals surface area contributed by atoms with E-state index in [4.69, 9.17) is 9.47 Å². The number of carboxylic acids is 1. The van der Waals surface area contributed by atoms with E-state index in [9.17, 15) is 24.3 Å². The van der Waals surface area contributed by atoms with Gasteiger partial charge in [0.2, 0.25) is 5.91 Å². The Hall–Kier alpha value is -3.54. The second-order valence-electron chi connectivity index (χ2n) is 8.45. The van der Waals surface area contributed by atoms with Gasteiger partial charge in [0.1, 0.15) is 24.4 Å². The first-order chi connectivity index (χ1) is 16.5. The number of carbonyl (C=O) groups excluding carboxylic acids is 2. The first-order valence-electron chi connectivity index (χ1n) is 10.8. The number of alkyl carbamates (subject to hydrolysis) is 1. The number of amides is 2. The maximum atomic E-state index is 12.9. The predicted molar refractivity (Wildman–Crippen MR) is 130 cm³/mol. The topological polar surface area (TPSA) is 140 Å². The zero-order chi connectivity index (χ0) is 26.0. The molecule has 1 aromatic carbocycles. The Morgan fingerprint density at radius 1 is 1.17 bits per heavy atom.